The Labute approximate surface area is 464 Å². The van der Waals surface area contributed by atoms with Crippen LogP contribution >= 0.6 is 0 Å². The Hall–Kier alpha value is -11.3. The monoisotopic (exact) mass is 1160 g/mol. The van der Waals surface area contributed by atoms with Crippen LogP contribution in [0.25, 0.3) is 102 Å². The number of nitrogens with one attached hydrogen (secondary N) is 3. The van der Waals surface area contributed by atoms with Crippen LogP contribution in [0.5, 0.6) is 0 Å². The van der Waals surface area contributed by atoms with Crippen molar-refractivity contribution < 1.29 is 52.7 Å². The summed E-state index contributed by atoms with van der Waals surface area (Å²) in [6, 6.07) is 26.1. The van der Waals surface area contributed by atoms with E-state index in [4.69, 9.17) is 17.2 Å². The first-order valence-corrected chi connectivity index (χ1v) is 24.1. The number of rotatable bonds is 9. The zero-order valence-electron chi connectivity index (χ0n) is 42.1. The molecule has 0 saturated carbocycles. The topological polar surface area (TPSA) is 241 Å². The van der Waals surface area contributed by atoms with Gasteiger partial charge in [0.05, 0.1) is 50.9 Å². The van der Waals surface area contributed by atoms with Crippen LogP contribution in [-0.4, -0.2) is 59.8 Å². The second-order valence-electron chi connectivity index (χ2n) is 17.5. The van der Waals surface area contributed by atoms with Crippen molar-refractivity contribution in [2.75, 3.05) is 17.2 Å². The fourth-order valence-electron chi connectivity index (χ4n) is 8.33. The number of imidazole rings is 3. The molecule has 9 heterocycles. The highest BCUT2D eigenvalue weighted by Crippen LogP contribution is 2.39. The van der Waals surface area contributed by atoms with Crippen molar-refractivity contribution in [1.29, 1.82) is 0 Å². The number of pyridine rings is 6. The number of hydrogen-bond donors (Lipinski definition) is 6. The van der Waals surface area contributed by atoms with E-state index < -0.39 is 110 Å². The highest BCUT2D eigenvalue weighted by molar-refractivity contribution is 5.84. The summed E-state index contributed by atoms with van der Waals surface area (Å²) in [7, 11) is 0. The van der Waals surface area contributed by atoms with Gasteiger partial charge in [0.15, 0.2) is 52.4 Å². The van der Waals surface area contributed by atoms with Crippen LogP contribution in [0, 0.1) is 70.2 Å². The molecule has 3 aromatic carbocycles. The van der Waals surface area contributed by atoms with Crippen molar-refractivity contribution in [3.63, 3.8) is 0 Å². The lowest BCUT2D eigenvalue weighted by Crippen LogP contribution is -2.06. The number of aromatic nitrogens is 12. The van der Waals surface area contributed by atoms with Crippen LogP contribution in [0.1, 0.15) is 0 Å². The van der Waals surface area contributed by atoms with Gasteiger partial charge in [-0.1, -0.05) is 0 Å². The van der Waals surface area contributed by atoms with Crippen LogP contribution in [0.15, 0.2) is 146 Å². The molecule has 0 bridgehead atoms. The fourth-order valence-corrected chi connectivity index (χ4v) is 8.33. The molecule has 0 aliphatic carbocycles. The summed E-state index contributed by atoms with van der Waals surface area (Å²) in [4.78, 5) is 41.8. The molecular weight excluding hydrogens is 1120 g/mol. The Bertz CT molecular complexity index is 3840. The summed E-state index contributed by atoms with van der Waals surface area (Å²) in [6.07, 6.45) is 9.14. The molecule has 27 heteroatoms. The summed E-state index contributed by atoms with van der Waals surface area (Å²) in [5.41, 5.74) is 19.3. The van der Waals surface area contributed by atoms with Crippen LogP contribution in [-0.2, 0) is 0 Å². The van der Waals surface area contributed by atoms with E-state index >= 15 is 0 Å². The average molecular weight is 1160 g/mol. The first-order valence-electron chi connectivity index (χ1n) is 24.1. The molecule has 12 aromatic rings. The third kappa shape index (κ3) is 11.3. The highest BCUT2D eigenvalue weighted by atomic mass is 19.2. The van der Waals surface area contributed by atoms with Crippen molar-refractivity contribution in [3.8, 4) is 102 Å². The van der Waals surface area contributed by atoms with Crippen LogP contribution in [0.2, 0.25) is 0 Å². The van der Waals surface area contributed by atoms with Crippen LogP contribution < -0.4 is 17.2 Å². The normalized spacial score (nSPS) is 11.0. The van der Waals surface area contributed by atoms with Gasteiger partial charge in [-0.2, -0.15) is 23.1 Å². The Kier molecular flexibility index (Phi) is 15.6. The van der Waals surface area contributed by atoms with E-state index in [0.717, 1.165) is 0 Å². The lowest BCUT2D eigenvalue weighted by atomic mass is 10.1. The molecule has 0 aliphatic heterocycles. The molecule has 0 saturated heterocycles. The van der Waals surface area contributed by atoms with Crippen molar-refractivity contribution >= 4 is 17.5 Å². The molecular formula is C57H33F12N15. The summed E-state index contributed by atoms with van der Waals surface area (Å²) in [5.74, 6) is -17.5. The lowest BCUT2D eigenvalue weighted by molar-refractivity contribution is 0.410. The van der Waals surface area contributed by atoms with Gasteiger partial charge in [0.1, 0.15) is 34.9 Å². The van der Waals surface area contributed by atoms with Gasteiger partial charge in [-0.3, -0.25) is 15.0 Å². The van der Waals surface area contributed by atoms with E-state index in [-0.39, 0.29) is 23.0 Å². The Balaban J connectivity index is 0.000000140. The smallest absolute Gasteiger partial charge is 0.252 e. The average Bonchev–Trinajstić information content (AvgIpc) is 4.26. The first kappa shape index (κ1) is 56.0. The van der Waals surface area contributed by atoms with Gasteiger partial charge < -0.3 is 32.2 Å². The molecule has 12 rings (SSSR count). The van der Waals surface area contributed by atoms with Gasteiger partial charge in [0, 0.05) is 70.6 Å². The highest BCUT2D eigenvalue weighted by Gasteiger charge is 2.29. The molecule has 420 valence electrons. The molecule has 0 fully saturated rings. The third-order valence-corrected chi connectivity index (χ3v) is 12.3. The molecule has 84 heavy (non-hydrogen) atoms. The number of nitrogens with two attached hydrogens (primary N) is 3. The molecule has 0 atom stereocenters. The molecule has 0 unspecified atom stereocenters. The zero-order valence-corrected chi connectivity index (χ0v) is 42.1. The Morgan fingerprint density at radius 3 is 0.810 bits per heavy atom. The number of halogens is 12. The Morgan fingerprint density at radius 2 is 0.512 bits per heavy atom. The molecule has 9 N–H and O–H groups in total. The fraction of sp³-hybridized carbons (Fsp3) is 0. The van der Waals surface area contributed by atoms with E-state index in [9.17, 15) is 52.7 Å². The van der Waals surface area contributed by atoms with Gasteiger partial charge in [-0.05, 0) is 109 Å². The van der Waals surface area contributed by atoms with Gasteiger partial charge >= 0.3 is 0 Å². The van der Waals surface area contributed by atoms with Gasteiger partial charge in [0.2, 0.25) is 0 Å². The largest absolute Gasteiger partial charge is 0.381 e. The molecule has 15 nitrogen and oxygen atoms in total. The minimum Gasteiger partial charge on any atom is -0.381 e. The van der Waals surface area contributed by atoms with Crippen molar-refractivity contribution in [3.05, 3.63) is 217 Å². The van der Waals surface area contributed by atoms with E-state index in [1.807, 2.05) is 0 Å². The summed E-state index contributed by atoms with van der Waals surface area (Å²) in [5, 5.41) is 0. The van der Waals surface area contributed by atoms with Crippen molar-refractivity contribution in [2.24, 2.45) is 0 Å². The number of nitrogens with zero attached hydrogens (tertiary/aromatic N) is 9. The summed E-state index contributed by atoms with van der Waals surface area (Å²) in [6.45, 7) is 0. The summed E-state index contributed by atoms with van der Waals surface area (Å²) < 4.78 is 167. The van der Waals surface area contributed by atoms with Gasteiger partial charge in [-0.25, -0.2) is 59.4 Å². The van der Waals surface area contributed by atoms with E-state index in [1.54, 1.807) is 48.8 Å². The quantitative estimate of drug-likeness (QED) is 0.0584. The number of H-pyrrole nitrogens is 3. The molecule has 9 aromatic heterocycles. The Morgan fingerprint density at radius 1 is 0.262 bits per heavy atom. The lowest BCUT2D eigenvalue weighted by Gasteiger charge is -2.06. The number of benzene rings is 3. The van der Waals surface area contributed by atoms with E-state index in [2.05, 4.69) is 59.8 Å². The molecule has 0 spiro atoms. The van der Waals surface area contributed by atoms with Crippen LogP contribution in [0.4, 0.5) is 70.1 Å². The molecule has 0 radical (unpaired) electrons. The predicted molar refractivity (Wildman–Crippen MR) is 284 cm³/mol. The second kappa shape index (κ2) is 23.5. The molecule has 0 aliphatic rings. The standard InChI is InChI=1S/C19H9F5N4.C19H11F4N5.C19H13F3N6/c3*20-11-3-1-9(2-4-11)15-16(10-5-7-25-8-6-10)27-19(26-15)12-13(21)17(23)28-18(24)14(12)22/h1-8H,(H,26,27);1-8H,(H2,24,28)(H,26,27);1-8H,(H,26,27)(H4,23,24,28). The summed E-state index contributed by atoms with van der Waals surface area (Å²) >= 11 is 0. The molecule has 0 amide bonds. The maximum Gasteiger partial charge on any atom is 0.252 e. The minimum atomic E-state index is -1.79. The van der Waals surface area contributed by atoms with Crippen LogP contribution in [0.3, 0.4) is 0 Å². The minimum absolute atomic E-state index is 0.123. The van der Waals surface area contributed by atoms with Gasteiger partial charge in [-0.15, -0.1) is 0 Å². The van der Waals surface area contributed by atoms with E-state index in [0.29, 0.717) is 56.2 Å². The predicted octanol–water partition coefficient (Wildman–Crippen LogP) is 13.0. The SMILES string of the molecule is Fc1ccc(-c2nc(-c3c(F)c(F)nc(F)c3F)[nH]c2-c2ccncc2)cc1.Nc1nc(F)c(F)c(-c2nc(-c3ccc(F)cc3)c(-c3ccncc3)[nH]2)c1F.Nc1nc(N)c(F)c(-c2nc(-c3ccc(F)cc3)c(-c3ccncc3)[nH]2)c1F. The number of nitrogen functional groups attached to an aromatic ring is 3. The number of aromatic amines is 3. The number of hydrogen-bond acceptors (Lipinski definition) is 12. The maximum atomic E-state index is 14.5. The second-order valence-corrected chi connectivity index (χ2v) is 17.5. The van der Waals surface area contributed by atoms with Crippen molar-refractivity contribution in [1.82, 2.24) is 59.8 Å². The van der Waals surface area contributed by atoms with Crippen molar-refractivity contribution in [2.45, 2.75) is 0 Å². The first-order chi connectivity index (χ1) is 40.4. The van der Waals surface area contributed by atoms with E-state index in [1.165, 1.54) is 97.6 Å². The van der Waals surface area contributed by atoms with Gasteiger partial charge in [0.25, 0.3) is 17.8 Å². The zero-order chi connectivity index (χ0) is 59.5. The maximum absolute atomic E-state index is 14.5. The third-order valence-electron chi connectivity index (χ3n) is 12.3. The number of anilines is 3.